The summed E-state index contributed by atoms with van der Waals surface area (Å²) in [4.78, 5) is 22.5. The number of hydrogen-bond acceptors (Lipinski definition) is 6. The van der Waals surface area contributed by atoms with E-state index in [1.165, 1.54) is 0 Å². The van der Waals surface area contributed by atoms with Gasteiger partial charge < -0.3 is 15.8 Å². The molecule has 2 aromatic heterocycles. The topological polar surface area (TPSA) is 93.4 Å². The van der Waals surface area contributed by atoms with Crippen LogP contribution in [-0.2, 0) is 0 Å². The summed E-state index contributed by atoms with van der Waals surface area (Å²) < 4.78 is 5.32. The molecule has 0 aliphatic carbocycles. The molecule has 1 amide bonds. The van der Waals surface area contributed by atoms with E-state index >= 15 is 0 Å². The highest BCUT2D eigenvalue weighted by Gasteiger charge is 2.33. The molecule has 0 fully saturated rings. The van der Waals surface area contributed by atoms with Gasteiger partial charge in [-0.15, -0.1) is 0 Å². The van der Waals surface area contributed by atoms with Gasteiger partial charge in [0.25, 0.3) is 0 Å². The quantitative estimate of drug-likeness (QED) is 0.754. The van der Waals surface area contributed by atoms with Crippen LogP contribution in [0.2, 0.25) is 0 Å². The standard InChI is InChI=1S/C19H17N5O2/c1-26-13-7-9-21-15(11-13)19-23-14-4-2-3-5-16(14)24(19)17-10-12(18(20)25)6-8-22-17/h2-11,19,23H,1H3,(H2,20,25). The lowest BCUT2D eigenvalue weighted by atomic mass is 10.2. The third kappa shape index (κ3) is 2.69. The Kier molecular flexibility index (Phi) is 3.89. The number of carbonyl (C=O) groups excluding carboxylic acids is 1. The molecule has 0 saturated carbocycles. The van der Waals surface area contributed by atoms with Crippen molar-refractivity contribution in [1.29, 1.82) is 0 Å². The summed E-state index contributed by atoms with van der Waals surface area (Å²) in [5.41, 5.74) is 8.49. The average molecular weight is 347 g/mol. The van der Waals surface area contributed by atoms with Crippen molar-refractivity contribution in [1.82, 2.24) is 9.97 Å². The van der Waals surface area contributed by atoms with E-state index in [2.05, 4.69) is 15.3 Å². The first kappa shape index (κ1) is 15.9. The highest BCUT2D eigenvalue weighted by Crippen LogP contribution is 2.45. The molecular formula is C19H17N5O2. The molecule has 3 aromatic rings. The molecular weight excluding hydrogens is 330 g/mol. The Hall–Kier alpha value is -3.61. The molecule has 1 aromatic carbocycles. The van der Waals surface area contributed by atoms with E-state index in [0.29, 0.717) is 17.1 Å². The summed E-state index contributed by atoms with van der Waals surface area (Å²) in [6, 6.07) is 14.8. The van der Waals surface area contributed by atoms with Crippen LogP contribution >= 0.6 is 0 Å². The van der Waals surface area contributed by atoms with Crippen LogP contribution in [0, 0.1) is 0 Å². The van der Waals surface area contributed by atoms with Crippen LogP contribution in [0.4, 0.5) is 17.2 Å². The van der Waals surface area contributed by atoms with E-state index in [9.17, 15) is 4.79 Å². The molecule has 0 spiro atoms. The number of primary amides is 1. The van der Waals surface area contributed by atoms with E-state index in [0.717, 1.165) is 17.1 Å². The number of hydrogen-bond donors (Lipinski definition) is 2. The maximum atomic E-state index is 11.6. The second-order valence-electron chi connectivity index (χ2n) is 5.82. The Bertz CT molecular complexity index is 975. The molecule has 0 radical (unpaired) electrons. The normalized spacial score (nSPS) is 15.3. The molecule has 1 aliphatic rings. The number of fused-ring (bicyclic) bond motifs is 1. The monoisotopic (exact) mass is 347 g/mol. The molecule has 3 heterocycles. The second kappa shape index (κ2) is 6.36. The summed E-state index contributed by atoms with van der Waals surface area (Å²) in [6.07, 6.45) is 2.98. The number of pyridine rings is 2. The number of amides is 1. The van der Waals surface area contributed by atoms with Crippen LogP contribution in [0.25, 0.3) is 0 Å². The maximum absolute atomic E-state index is 11.6. The molecule has 0 bridgehead atoms. The average Bonchev–Trinajstić information content (AvgIpc) is 3.07. The predicted octanol–water partition coefficient (Wildman–Crippen LogP) is 2.85. The number of anilines is 3. The number of para-hydroxylation sites is 2. The summed E-state index contributed by atoms with van der Waals surface area (Å²) in [5, 5.41) is 3.45. The van der Waals surface area contributed by atoms with Crippen molar-refractivity contribution in [3.8, 4) is 5.75 Å². The van der Waals surface area contributed by atoms with Gasteiger partial charge in [-0.2, -0.15) is 0 Å². The molecule has 26 heavy (non-hydrogen) atoms. The third-order valence-electron chi connectivity index (χ3n) is 4.26. The van der Waals surface area contributed by atoms with Crippen molar-refractivity contribution in [2.75, 3.05) is 17.3 Å². The minimum atomic E-state index is -0.495. The lowest BCUT2D eigenvalue weighted by Crippen LogP contribution is -2.25. The van der Waals surface area contributed by atoms with Crippen LogP contribution < -0.4 is 20.7 Å². The fraction of sp³-hybridized carbons (Fsp3) is 0.105. The van der Waals surface area contributed by atoms with Gasteiger partial charge in [-0.1, -0.05) is 12.1 Å². The van der Waals surface area contributed by atoms with Crippen molar-refractivity contribution in [3.63, 3.8) is 0 Å². The number of nitrogens with one attached hydrogen (secondary N) is 1. The van der Waals surface area contributed by atoms with Crippen molar-refractivity contribution in [3.05, 3.63) is 72.2 Å². The molecule has 3 N–H and O–H groups in total. The number of carbonyl (C=O) groups is 1. The lowest BCUT2D eigenvalue weighted by molar-refractivity contribution is 0.1000. The Balaban J connectivity index is 1.84. The van der Waals surface area contributed by atoms with Crippen molar-refractivity contribution < 1.29 is 9.53 Å². The van der Waals surface area contributed by atoms with Crippen LogP contribution in [-0.4, -0.2) is 23.0 Å². The fourth-order valence-electron chi connectivity index (χ4n) is 3.03. The Morgan fingerprint density at radius 3 is 2.77 bits per heavy atom. The van der Waals surface area contributed by atoms with Gasteiger partial charge in [0.1, 0.15) is 17.7 Å². The van der Waals surface area contributed by atoms with E-state index in [1.54, 1.807) is 37.7 Å². The third-order valence-corrected chi connectivity index (χ3v) is 4.26. The van der Waals surface area contributed by atoms with Crippen LogP contribution in [0.5, 0.6) is 5.75 Å². The first-order valence-electron chi connectivity index (χ1n) is 8.08. The van der Waals surface area contributed by atoms with Gasteiger partial charge >= 0.3 is 0 Å². The number of aromatic nitrogens is 2. The van der Waals surface area contributed by atoms with Gasteiger partial charge in [0.2, 0.25) is 5.91 Å². The van der Waals surface area contributed by atoms with Crippen molar-refractivity contribution in [2.24, 2.45) is 5.73 Å². The van der Waals surface area contributed by atoms with E-state index in [4.69, 9.17) is 10.5 Å². The molecule has 4 rings (SSSR count). The largest absolute Gasteiger partial charge is 0.497 e. The van der Waals surface area contributed by atoms with Gasteiger partial charge in [-0.25, -0.2) is 4.98 Å². The smallest absolute Gasteiger partial charge is 0.248 e. The van der Waals surface area contributed by atoms with E-state index < -0.39 is 5.91 Å². The first-order chi connectivity index (χ1) is 12.7. The molecule has 130 valence electrons. The summed E-state index contributed by atoms with van der Waals surface area (Å²) >= 11 is 0. The van der Waals surface area contributed by atoms with Crippen molar-refractivity contribution in [2.45, 2.75) is 6.17 Å². The molecule has 7 heteroatoms. The maximum Gasteiger partial charge on any atom is 0.248 e. The molecule has 0 saturated heterocycles. The van der Waals surface area contributed by atoms with E-state index in [-0.39, 0.29) is 6.17 Å². The van der Waals surface area contributed by atoms with Crippen LogP contribution in [0.1, 0.15) is 22.2 Å². The Morgan fingerprint density at radius 1 is 1.15 bits per heavy atom. The summed E-state index contributed by atoms with van der Waals surface area (Å²) in [5.74, 6) is 0.824. The molecule has 1 atom stereocenters. The minimum absolute atomic E-state index is 0.293. The van der Waals surface area contributed by atoms with Gasteiger partial charge in [-0.3, -0.25) is 14.7 Å². The van der Waals surface area contributed by atoms with Gasteiger partial charge in [0.05, 0.1) is 24.2 Å². The molecule has 7 nitrogen and oxygen atoms in total. The predicted molar refractivity (Wildman–Crippen MR) is 98.5 cm³/mol. The second-order valence-corrected chi connectivity index (χ2v) is 5.82. The number of benzene rings is 1. The van der Waals surface area contributed by atoms with E-state index in [1.807, 2.05) is 35.2 Å². The molecule has 1 aliphatic heterocycles. The Morgan fingerprint density at radius 2 is 1.96 bits per heavy atom. The lowest BCUT2D eigenvalue weighted by Gasteiger charge is -2.26. The number of methoxy groups -OCH3 is 1. The zero-order chi connectivity index (χ0) is 18.1. The highest BCUT2D eigenvalue weighted by atomic mass is 16.5. The number of nitrogens with zero attached hydrogens (tertiary/aromatic N) is 3. The SMILES string of the molecule is COc1ccnc(C2Nc3ccccc3N2c2cc(C(N)=O)ccn2)c1. The fourth-order valence-corrected chi connectivity index (χ4v) is 3.03. The first-order valence-corrected chi connectivity index (χ1v) is 8.08. The molecule has 1 unspecified atom stereocenters. The number of ether oxygens (including phenoxy) is 1. The highest BCUT2D eigenvalue weighted by molar-refractivity contribution is 5.94. The Labute approximate surface area is 150 Å². The van der Waals surface area contributed by atoms with Crippen molar-refractivity contribution >= 4 is 23.1 Å². The minimum Gasteiger partial charge on any atom is -0.497 e. The van der Waals surface area contributed by atoms with Gasteiger partial charge in [-0.05, 0) is 30.3 Å². The zero-order valence-electron chi connectivity index (χ0n) is 14.1. The number of rotatable bonds is 4. The summed E-state index contributed by atoms with van der Waals surface area (Å²) in [6.45, 7) is 0. The number of nitrogens with two attached hydrogens (primary N) is 1. The zero-order valence-corrected chi connectivity index (χ0v) is 14.1. The summed E-state index contributed by atoms with van der Waals surface area (Å²) in [7, 11) is 1.62. The van der Waals surface area contributed by atoms with Gasteiger partial charge in [0, 0.05) is 24.0 Å². The van der Waals surface area contributed by atoms with Crippen LogP contribution in [0.15, 0.2) is 60.9 Å². The van der Waals surface area contributed by atoms with Crippen LogP contribution in [0.3, 0.4) is 0 Å². The van der Waals surface area contributed by atoms with Gasteiger partial charge in [0.15, 0.2) is 0 Å².